The molecule has 0 amide bonds. The molecule has 110 valence electrons. The van der Waals surface area contributed by atoms with Gasteiger partial charge in [0.25, 0.3) is 0 Å². The van der Waals surface area contributed by atoms with Gasteiger partial charge in [-0.05, 0) is 25.1 Å². The third-order valence-electron chi connectivity index (χ3n) is 2.87. The van der Waals surface area contributed by atoms with Crippen LogP contribution in [0.15, 0.2) is 42.5 Å². The van der Waals surface area contributed by atoms with Gasteiger partial charge >= 0.3 is 5.97 Å². The van der Waals surface area contributed by atoms with Crippen LogP contribution in [0.3, 0.4) is 0 Å². The second kappa shape index (κ2) is 7.28. The van der Waals surface area contributed by atoms with Gasteiger partial charge in [0.05, 0.1) is 31.5 Å². The van der Waals surface area contributed by atoms with Crippen molar-refractivity contribution in [3.05, 3.63) is 53.7 Å². The zero-order valence-electron chi connectivity index (χ0n) is 12.1. The Kier molecular flexibility index (Phi) is 5.15. The zero-order valence-corrected chi connectivity index (χ0v) is 12.1. The van der Waals surface area contributed by atoms with Gasteiger partial charge in [0, 0.05) is 11.8 Å². The van der Waals surface area contributed by atoms with Gasteiger partial charge in [-0.25, -0.2) is 9.78 Å². The number of hydrogen-bond donors (Lipinski definition) is 1. The highest BCUT2D eigenvalue weighted by atomic mass is 16.5. The molecule has 0 bridgehead atoms. The van der Waals surface area contributed by atoms with Crippen LogP contribution < -0.4 is 10.1 Å². The predicted octanol–water partition coefficient (Wildman–Crippen LogP) is 2.88. The average Bonchev–Trinajstić information content (AvgIpc) is 2.53. The van der Waals surface area contributed by atoms with Crippen LogP contribution >= 0.6 is 0 Å². The van der Waals surface area contributed by atoms with Gasteiger partial charge in [0.2, 0.25) is 5.88 Å². The molecule has 1 N–H and O–H groups in total. The molecule has 0 saturated carbocycles. The summed E-state index contributed by atoms with van der Waals surface area (Å²) in [5.74, 6) is 0.229. The molecular formula is C16H18N2O3. The van der Waals surface area contributed by atoms with E-state index in [4.69, 9.17) is 9.47 Å². The molecule has 0 aliphatic rings. The number of carbonyl (C=O) groups excluding carboxylic acids is 1. The summed E-state index contributed by atoms with van der Waals surface area (Å²) >= 11 is 0. The first-order valence-corrected chi connectivity index (χ1v) is 6.74. The number of pyridine rings is 1. The average molecular weight is 286 g/mol. The Morgan fingerprint density at radius 2 is 2.00 bits per heavy atom. The molecule has 1 aromatic heterocycles. The molecule has 0 aliphatic heterocycles. The number of anilines is 1. The maximum atomic E-state index is 11.9. The number of nitrogens with one attached hydrogen (secondary N) is 1. The molecule has 1 heterocycles. The van der Waals surface area contributed by atoms with E-state index in [2.05, 4.69) is 10.3 Å². The maximum absolute atomic E-state index is 11.9. The SMILES string of the molecule is CCOC(=O)c1ccccc1NCc1cccc(OC)n1. The molecule has 0 fully saturated rings. The maximum Gasteiger partial charge on any atom is 0.340 e. The minimum absolute atomic E-state index is 0.334. The van der Waals surface area contributed by atoms with Crippen molar-refractivity contribution in [3.63, 3.8) is 0 Å². The van der Waals surface area contributed by atoms with Crippen LogP contribution in [-0.2, 0) is 11.3 Å². The molecular weight excluding hydrogens is 268 g/mol. The summed E-state index contributed by atoms with van der Waals surface area (Å²) in [6.07, 6.45) is 0. The van der Waals surface area contributed by atoms with Crippen molar-refractivity contribution in [2.75, 3.05) is 19.0 Å². The molecule has 1 aromatic carbocycles. The lowest BCUT2D eigenvalue weighted by Gasteiger charge is -2.11. The van der Waals surface area contributed by atoms with E-state index in [1.165, 1.54) is 0 Å². The fraction of sp³-hybridized carbons (Fsp3) is 0.250. The Balaban J connectivity index is 2.10. The van der Waals surface area contributed by atoms with Crippen molar-refractivity contribution < 1.29 is 14.3 Å². The molecule has 2 aromatic rings. The standard InChI is InChI=1S/C16H18N2O3/c1-3-21-16(19)13-8-4-5-9-14(13)17-11-12-7-6-10-15(18-12)20-2/h4-10,17H,3,11H2,1-2H3. The Labute approximate surface area is 123 Å². The van der Waals surface area contributed by atoms with Gasteiger partial charge in [-0.2, -0.15) is 0 Å². The largest absolute Gasteiger partial charge is 0.481 e. The lowest BCUT2D eigenvalue weighted by atomic mass is 10.1. The number of methoxy groups -OCH3 is 1. The highest BCUT2D eigenvalue weighted by Crippen LogP contribution is 2.17. The van der Waals surface area contributed by atoms with Crippen LogP contribution in [0.1, 0.15) is 23.0 Å². The van der Waals surface area contributed by atoms with Gasteiger partial charge in [0.1, 0.15) is 0 Å². The van der Waals surface area contributed by atoms with Crippen LogP contribution in [0.5, 0.6) is 5.88 Å². The number of para-hydroxylation sites is 1. The minimum Gasteiger partial charge on any atom is -0.481 e. The third-order valence-corrected chi connectivity index (χ3v) is 2.87. The van der Waals surface area contributed by atoms with E-state index in [9.17, 15) is 4.79 Å². The molecule has 0 saturated heterocycles. The molecule has 2 rings (SSSR count). The summed E-state index contributed by atoms with van der Waals surface area (Å²) in [5.41, 5.74) is 2.07. The summed E-state index contributed by atoms with van der Waals surface area (Å²) in [7, 11) is 1.58. The van der Waals surface area contributed by atoms with E-state index in [1.807, 2.05) is 24.3 Å². The van der Waals surface area contributed by atoms with E-state index < -0.39 is 0 Å². The molecule has 0 unspecified atom stereocenters. The van der Waals surface area contributed by atoms with Crippen LogP contribution in [0.2, 0.25) is 0 Å². The first kappa shape index (κ1) is 14.8. The van der Waals surface area contributed by atoms with E-state index in [1.54, 1.807) is 32.2 Å². The van der Waals surface area contributed by atoms with Gasteiger partial charge in [-0.3, -0.25) is 0 Å². The Morgan fingerprint density at radius 1 is 1.19 bits per heavy atom. The zero-order chi connectivity index (χ0) is 15.1. The van der Waals surface area contributed by atoms with Crippen LogP contribution in [0.4, 0.5) is 5.69 Å². The number of hydrogen-bond acceptors (Lipinski definition) is 5. The summed E-state index contributed by atoms with van der Waals surface area (Å²) in [6, 6.07) is 12.8. The number of esters is 1. The topological polar surface area (TPSA) is 60.5 Å². The number of ether oxygens (including phenoxy) is 2. The fourth-order valence-electron chi connectivity index (χ4n) is 1.88. The summed E-state index contributed by atoms with van der Waals surface area (Å²) in [4.78, 5) is 16.2. The predicted molar refractivity (Wildman–Crippen MR) is 80.5 cm³/mol. The second-order valence-corrected chi connectivity index (χ2v) is 4.29. The van der Waals surface area contributed by atoms with Crippen LogP contribution in [-0.4, -0.2) is 24.7 Å². The molecule has 0 spiro atoms. The smallest absolute Gasteiger partial charge is 0.340 e. The van der Waals surface area contributed by atoms with Gasteiger partial charge in [-0.1, -0.05) is 18.2 Å². The third kappa shape index (κ3) is 3.95. The van der Waals surface area contributed by atoms with Crippen LogP contribution in [0.25, 0.3) is 0 Å². The van der Waals surface area contributed by atoms with Crippen LogP contribution in [0, 0.1) is 0 Å². The van der Waals surface area contributed by atoms with E-state index >= 15 is 0 Å². The number of rotatable bonds is 6. The normalized spacial score (nSPS) is 10.0. The molecule has 5 heteroatoms. The van der Waals surface area contributed by atoms with Crippen molar-refractivity contribution >= 4 is 11.7 Å². The monoisotopic (exact) mass is 286 g/mol. The minimum atomic E-state index is -0.334. The first-order chi connectivity index (χ1) is 10.2. The fourth-order valence-corrected chi connectivity index (χ4v) is 1.88. The van der Waals surface area contributed by atoms with Crippen molar-refractivity contribution in [1.29, 1.82) is 0 Å². The molecule has 0 aliphatic carbocycles. The van der Waals surface area contributed by atoms with Gasteiger partial charge in [0.15, 0.2) is 0 Å². The molecule has 5 nitrogen and oxygen atoms in total. The highest BCUT2D eigenvalue weighted by molar-refractivity contribution is 5.95. The van der Waals surface area contributed by atoms with Gasteiger partial charge < -0.3 is 14.8 Å². The van der Waals surface area contributed by atoms with E-state index in [0.29, 0.717) is 24.6 Å². The van der Waals surface area contributed by atoms with Gasteiger partial charge in [-0.15, -0.1) is 0 Å². The molecule has 0 atom stereocenters. The van der Waals surface area contributed by atoms with E-state index in [-0.39, 0.29) is 5.97 Å². The summed E-state index contributed by atoms with van der Waals surface area (Å²) in [6.45, 7) is 2.63. The summed E-state index contributed by atoms with van der Waals surface area (Å²) in [5, 5.41) is 3.20. The first-order valence-electron chi connectivity index (χ1n) is 6.74. The number of aromatic nitrogens is 1. The number of carbonyl (C=O) groups is 1. The van der Waals surface area contributed by atoms with Crippen molar-refractivity contribution in [2.45, 2.75) is 13.5 Å². The lowest BCUT2D eigenvalue weighted by molar-refractivity contribution is 0.0527. The summed E-state index contributed by atoms with van der Waals surface area (Å²) < 4.78 is 10.1. The quantitative estimate of drug-likeness (QED) is 0.827. The number of benzene rings is 1. The Morgan fingerprint density at radius 3 is 2.76 bits per heavy atom. The second-order valence-electron chi connectivity index (χ2n) is 4.29. The Hall–Kier alpha value is -2.56. The van der Waals surface area contributed by atoms with Crippen molar-refractivity contribution in [2.24, 2.45) is 0 Å². The molecule has 21 heavy (non-hydrogen) atoms. The van der Waals surface area contributed by atoms with E-state index in [0.717, 1.165) is 11.4 Å². The molecule has 0 radical (unpaired) electrons. The Bertz CT molecular complexity index is 614. The highest BCUT2D eigenvalue weighted by Gasteiger charge is 2.11. The van der Waals surface area contributed by atoms with Crippen molar-refractivity contribution in [3.8, 4) is 5.88 Å². The van der Waals surface area contributed by atoms with Crippen molar-refractivity contribution in [1.82, 2.24) is 4.98 Å². The number of nitrogens with zero attached hydrogens (tertiary/aromatic N) is 1. The lowest BCUT2D eigenvalue weighted by Crippen LogP contribution is -2.10.